The lowest BCUT2D eigenvalue weighted by atomic mass is 10.1. The summed E-state index contributed by atoms with van der Waals surface area (Å²) in [6, 6.07) is 12.2. The SMILES string of the molecule is Cc1cccc(CCNC(=O)CCc2ccc(Cl)s2)c1. The maximum Gasteiger partial charge on any atom is 0.220 e. The first-order chi connectivity index (χ1) is 9.63. The molecule has 1 heterocycles. The van der Waals surface area contributed by atoms with Crippen molar-refractivity contribution in [3.8, 4) is 0 Å². The van der Waals surface area contributed by atoms with Crippen molar-refractivity contribution in [2.24, 2.45) is 0 Å². The molecule has 0 aliphatic rings. The predicted molar refractivity (Wildman–Crippen MR) is 85.5 cm³/mol. The molecule has 0 aliphatic carbocycles. The van der Waals surface area contributed by atoms with Crippen molar-refractivity contribution >= 4 is 28.8 Å². The van der Waals surface area contributed by atoms with E-state index in [4.69, 9.17) is 11.6 Å². The van der Waals surface area contributed by atoms with Gasteiger partial charge in [-0.3, -0.25) is 4.79 Å². The highest BCUT2D eigenvalue weighted by Gasteiger charge is 2.04. The molecule has 0 aliphatic heterocycles. The molecular formula is C16H18ClNOS. The van der Waals surface area contributed by atoms with E-state index in [9.17, 15) is 4.79 Å². The molecule has 1 N–H and O–H groups in total. The van der Waals surface area contributed by atoms with E-state index in [1.54, 1.807) is 0 Å². The minimum Gasteiger partial charge on any atom is -0.356 e. The summed E-state index contributed by atoms with van der Waals surface area (Å²) in [4.78, 5) is 12.9. The molecule has 106 valence electrons. The van der Waals surface area contributed by atoms with Crippen LogP contribution in [-0.4, -0.2) is 12.5 Å². The third-order valence-electron chi connectivity index (χ3n) is 3.05. The lowest BCUT2D eigenvalue weighted by Gasteiger charge is -2.05. The fourth-order valence-electron chi connectivity index (χ4n) is 2.03. The molecule has 2 aromatic rings. The third-order valence-corrected chi connectivity index (χ3v) is 4.34. The number of hydrogen-bond acceptors (Lipinski definition) is 2. The Morgan fingerprint density at radius 1 is 1.25 bits per heavy atom. The van der Waals surface area contributed by atoms with Crippen molar-refractivity contribution in [2.75, 3.05) is 6.54 Å². The topological polar surface area (TPSA) is 29.1 Å². The first-order valence-electron chi connectivity index (χ1n) is 6.70. The number of aryl methyl sites for hydroxylation is 2. The summed E-state index contributed by atoms with van der Waals surface area (Å²) in [5.74, 6) is 0.0992. The molecule has 0 spiro atoms. The van der Waals surface area contributed by atoms with E-state index in [0.29, 0.717) is 13.0 Å². The number of rotatable bonds is 6. The molecule has 0 radical (unpaired) electrons. The summed E-state index contributed by atoms with van der Waals surface area (Å²) in [6.07, 6.45) is 2.15. The largest absolute Gasteiger partial charge is 0.356 e. The Morgan fingerprint density at radius 2 is 2.10 bits per heavy atom. The zero-order chi connectivity index (χ0) is 14.4. The predicted octanol–water partition coefficient (Wildman–Crippen LogP) is 4.00. The van der Waals surface area contributed by atoms with Crippen molar-refractivity contribution in [2.45, 2.75) is 26.2 Å². The van der Waals surface area contributed by atoms with Crippen molar-refractivity contribution in [3.63, 3.8) is 0 Å². The lowest BCUT2D eigenvalue weighted by Crippen LogP contribution is -2.25. The Hall–Kier alpha value is -1.32. The van der Waals surface area contributed by atoms with Gasteiger partial charge in [0.25, 0.3) is 0 Å². The molecular weight excluding hydrogens is 290 g/mol. The average molecular weight is 308 g/mol. The standard InChI is InChI=1S/C16H18ClNOS/c1-12-3-2-4-13(11-12)9-10-18-16(19)8-6-14-5-7-15(17)20-14/h2-5,7,11H,6,8-10H2,1H3,(H,18,19). The second-order valence-corrected chi connectivity index (χ2v) is 6.59. The van der Waals surface area contributed by atoms with E-state index in [0.717, 1.165) is 22.1 Å². The summed E-state index contributed by atoms with van der Waals surface area (Å²) < 4.78 is 0.778. The molecule has 0 fully saturated rings. The van der Waals surface area contributed by atoms with Gasteiger partial charge in [0.05, 0.1) is 4.34 Å². The third kappa shape index (κ3) is 4.99. The van der Waals surface area contributed by atoms with Crippen LogP contribution in [0.25, 0.3) is 0 Å². The molecule has 0 saturated carbocycles. The van der Waals surface area contributed by atoms with Crippen LogP contribution < -0.4 is 5.32 Å². The van der Waals surface area contributed by atoms with Gasteiger partial charge in [-0.15, -0.1) is 11.3 Å². The molecule has 1 aromatic heterocycles. The quantitative estimate of drug-likeness (QED) is 0.858. The van der Waals surface area contributed by atoms with E-state index in [-0.39, 0.29) is 5.91 Å². The number of nitrogens with one attached hydrogen (secondary N) is 1. The minimum absolute atomic E-state index is 0.0992. The van der Waals surface area contributed by atoms with Crippen molar-refractivity contribution < 1.29 is 4.79 Å². The number of halogens is 1. The van der Waals surface area contributed by atoms with Crippen LogP contribution in [0.1, 0.15) is 22.4 Å². The normalized spacial score (nSPS) is 10.5. The summed E-state index contributed by atoms with van der Waals surface area (Å²) in [5, 5.41) is 2.96. The fraction of sp³-hybridized carbons (Fsp3) is 0.312. The highest BCUT2D eigenvalue weighted by atomic mass is 35.5. The molecule has 1 aromatic carbocycles. The Kier molecular flexibility index (Phi) is 5.62. The maximum absolute atomic E-state index is 11.7. The van der Waals surface area contributed by atoms with Crippen LogP contribution in [-0.2, 0) is 17.6 Å². The van der Waals surface area contributed by atoms with Crippen LogP contribution in [0, 0.1) is 6.92 Å². The van der Waals surface area contributed by atoms with Crippen LogP contribution in [0.4, 0.5) is 0 Å². The van der Waals surface area contributed by atoms with E-state index >= 15 is 0 Å². The second-order valence-electron chi connectivity index (χ2n) is 4.79. The van der Waals surface area contributed by atoms with E-state index in [1.165, 1.54) is 22.5 Å². The van der Waals surface area contributed by atoms with Gasteiger partial charge < -0.3 is 5.32 Å². The summed E-state index contributed by atoms with van der Waals surface area (Å²) >= 11 is 7.40. The van der Waals surface area contributed by atoms with Crippen molar-refractivity contribution in [1.82, 2.24) is 5.32 Å². The Balaban J connectivity index is 1.67. The Morgan fingerprint density at radius 3 is 2.80 bits per heavy atom. The van der Waals surface area contributed by atoms with E-state index < -0.39 is 0 Å². The smallest absolute Gasteiger partial charge is 0.220 e. The van der Waals surface area contributed by atoms with Crippen LogP contribution in [0.15, 0.2) is 36.4 Å². The summed E-state index contributed by atoms with van der Waals surface area (Å²) in [5.41, 5.74) is 2.51. The number of hydrogen-bond donors (Lipinski definition) is 1. The monoisotopic (exact) mass is 307 g/mol. The molecule has 0 bridgehead atoms. The molecule has 0 unspecified atom stereocenters. The fourth-order valence-corrected chi connectivity index (χ4v) is 3.11. The summed E-state index contributed by atoms with van der Waals surface area (Å²) in [7, 11) is 0. The van der Waals surface area contributed by atoms with Crippen LogP contribution in [0.5, 0.6) is 0 Å². The molecule has 2 rings (SSSR count). The highest BCUT2D eigenvalue weighted by Crippen LogP contribution is 2.22. The molecule has 20 heavy (non-hydrogen) atoms. The van der Waals surface area contributed by atoms with Crippen molar-refractivity contribution in [3.05, 3.63) is 56.7 Å². The first-order valence-corrected chi connectivity index (χ1v) is 7.89. The lowest BCUT2D eigenvalue weighted by molar-refractivity contribution is -0.121. The van der Waals surface area contributed by atoms with Gasteiger partial charge in [0.1, 0.15) is 0 Å². The molecule has 0 atom stereocenters. The van der Waals surface area contributed by atoms with Gasteiger partial charge in [-0.2, -0.15) is 0 Å². The van der Waals surface area contributed by atoms with Gasteiger partial charge in [0, 0.05) is 17.8 Å². The van der Waals surface area contributed by atoms with E-state index in [1.807, 2.05) is 18.2 Å². The Bertz CT molecular complexity index is 579. The number of carbonyl (C=O) groups is 1. The number of carbonyl (C=O) groups excluding carboxylic acids is 1. The number of amides is 1. The molecule has 4 heteroatoms. The highest BCUT2D eigenvalue weighted by molar-refractivity contribution is 7.16. The van der Waals surface area contributed by atoms with Gasteiger partial charge in [-0.05, 0) is 37.5 Å². The zero-order valence-corrected chi connectivity index (χ0v) is 13.1. The zero-order valence-electron chi connectivity index (χ0n) is 11.5. The first kappa shape index (κ1) is 15.1. The Labute approximate surface area is 128 Å². The molecule has 2 nitrogen and oxygen atoms in total. The van der Waals surface area contributed by atoms with Gasteiger partial charge in [0.15, 0.2) is 0 Å². The molecule has 1 amide bonds. The van der Waals surface area contributed by atoms with Gasteiger partial charge >= 0.3 is 0 Å². The van der Waals surface area contributed by atoms with E-state index in [2.05, 4.69) is 30.4 Å². The average Bonchev–Trinajstić information content (AvgIpc) is 2.82. The maximum atomic E-state index is 11.7. The van der Waals surface area contributed by atoms with Crippen LogP contribution >= 0.6 is 22.9 Å². The number of benzene rings is 1. The number of thiophene rings is 1. The molecule has 0 saturated heterocycles. The van der Waals surface area contributed by atoms with Crippen LogP contribution in [0.3, 0.4) is 0 Å². The minimum atomic E-state index is 0.0992. The van der Waals surface area contributed by atoms with Gasteiger partial charge in [0.2, 0.25) is 5.91 Å². The van der Waals surface area contributed by atoms with Crippen molar-refractivity contribution in [1.29, 1.82) is 0 Å². The van der Waals surface area contributed by atoms with Gasteiger partial charge in [-0.1, -0.05) is 41.4 Å². The summed E-state index contributed by atoms with van der Waals surface area (Å²) in [6.45, 7) is 2.77. The second kappa shape index (κ2) is 7.46. The van der Waals surface area contributed by atoms with Gasteiger partial charge in [-0.25, -0.2) is 0 Å². The van der Waals surface area contributed by atoms with Crippen LogP contribution in [0.2, 0.25) is 4.34 Å².